The number of anilines is 1. The zero-order valence-corrected chi connectivity index (χ0v) is 13.1. The highest BCUT2D eigenvalue weighted by Gasteiger charge is 2.18. The average molecular weight is 338 g/mol. The third-order valence-electron chi connectivity index (χ3n) is 2.81. The van der Waals surface area contributed by atoms with Crippen molar-refractivity contribution in [3.05, 3.63) is 52.4 Å². The van der Waals surface area contributed by atoms with Gasteiger partial charge in [0.2, 0.25) is 0 Å². The summed E-state index contributed by atoms with van der Waals surface area (Å²) in [5.74, 6) is -1.41. The minimum atomic E-state index is -0.950. The van der Waals surface area contributed by atoms with Crippen LogP contribution in [0.25, 0.3) is 0 Å². The third kappa shape index (κ3) is 4.13. The molecule has 23 heavy (non-hydrogen) atoms. The van der Waals surface area contributed by atoms with Crippen molar-refractivity contribution in [2.45, 2.75) is 6.92 Å². The molecule has 2 N–H and O–H groups in total. The first kappa shape index (κ1) is 16.6. The number of nitrogens with zero attached hydrogens (tertiary/aromatic N) is 3. The first-order chi connectivity index (χ1) is 10.9. The molecule has 9 heteroatoms. The van der Waals surface area contributed by atoms with Crippen molar-refractivity contribution in [1.29, 1.82) is 0 Å². The first-order valence-electron chi connectivity index (χ1n) is 6.48. The number of halogens is 2. The molecule has 7 nitrogen and oxygen atoms in total. The predicted octanol–water partition coefficient (Wildman–Crippen LogP) is 2.07. The van der Waals surface area contributed by atoms with Gasteiger partial charge in [-0.3, -0.25) is 15.1 Å². The van der Waals surface area contributed by atoms with Crippen molar-refractivity contribution in [1.82, 2.24) is 20.9 Å². The van der Waals surface area contributed by atoms with Crippen LogP contribution in [0.2, 0.25) is 5.02 Å². The second-order valence-corrected chi connectivity index (χ2v) is 4.99. The highest BCUT2D eigenvalue weighted by molar-refractivity contribution is 6.34. The quantitative estimate of drug-likeness (QED) is 0.837. The lowest BCUT2D eigenvalue weighted by Gasteiger charge is -2.18. The summed E-state index contributed by atoms with van der Waals surface area (Å²) in [5.41, 5.74) is 2.67. The Labute approximate surface area is 136 Å². The largest absolute Gasteiger partial charge is 0.340 e. The minimum absolute atomic E-state index is 0.0898. The molecular weight excluding hydrogens is 325 g/mol. The summed E-state index contributed by atoms with van der Waals surface area (Å²) in [6.45, 7) is 1.77. The van der Waals surface area contributed by atoms with Gasteiger partial charge in [0, 0.05) is 7.05 Å². The number of nitrogens with one attached hydrogen (secondary N) is 2. The van der Waals surface area contributed by atoms with Gasteiger partial charge in [-0.05, 0) is 31.2 Å². The van der Waals surface area contributed by atoms with E-state index in [9.17, 15) is 14.0 Å². The molecule has 1 aromatic carbocycles. The van der Waals surface area contributed by atoms with E-state index >= 15 is 0 Å². The molecule has 0 aliphatic rings. The number of amides is 3. The number of aromatic nitrogens is 2. The van der Waals surface area contributed by atoms with Gasteiger partial charge >= 0.3 is 6.03 Å². The van der Waals surface area contributed by atoms with Gasteiger partial charge in [-0.15, -0.1) is 5.10 Å². The van der Waals surface area contributed by atoms with Crippen LogP contribution in [0.4, 0.5) is 15.0 Å². The predicted molar refractivity (Wildman–Crippen MR) is 82.6 cm³/mol. The SMILES string of the molecule is Cc1ccc(N(C)NC(=O)NC(=O)c2c(F)cccc2Cl)nn1. The fourth-order valence-corrected chi connectivity index (χ4v) is 1.94. The summed E-state index contributed by atoms with van der Waals surface area (Å²) in [4.78, 5) is 23.7. The van der Waals surface area contributed by atoms with E-state index in [1.54, 1.807) is 19.1 Å². The Morgan fingerprint density at radius 3 is 2.57 bits per heavy atom. The van der Waals surface area contributed by atoms with E-state index in [2.05, 4.69) is 15.6 Å². The van der Waals surface area contributed by atoms with Gasteiger partial charge in [0.05, 0.1) is 16.3 Å². The summed E-state index contributed by atoms with van der Waals surface area (Å²) in [5, 5.41) is 10.9. The van der Waals surface area contributed by atoms with Crippen molar-refractivity contribution >= 4 is 29.4 Å². The van der Waals surface area contributed by atoms with E-state index in [4.69, 9.17) is 11.6 Å². The van der Waals surface area contributed by atoms with E-state index in [0.29, 0.717) is 5.82 Å². The second kappa shape index (κ2) is 7.01. The molecular formula is C14H13ClFN5O2. The summed E-state index contributed by atoms with van der Waals surface area (Å²) in [6, 6.07) is 6.27. The maximum absolute atomic E-state index is 13.6. The number of benzene rings is 1. The Bertz CT molecular complexity index is 718. The molecule has 0 radical (unpaired) electrons. The Morgan fingerprint density at radius 1 is 1.22 bits per heavy atom. The van der Waals surface area contributed by atoms with Gasteiger partial charge < -0.3 is 0 Å². The number of hydrogen-bond acceptors (Lipinski definition) is 5. The molecule has 0 fully saturated rings. The Kier molecular flexibility index (Phi) is 5.07. The number of hydrogen-bond donors (Lipinski definition) is 2. The van der Waals surface area contributed by atoms with Crippen molar-refractivity contribution in [2.75, 3.05) is 12.1 Å². The number of imide groups is 1. The van der Waals surface area contributed by atoms with Crippen molar-refractivity contribution in [2.24, 2.45) is 0 Å². The van der Waals surface area contributed by atoms with E-state index in [-0.39, 0.29) is 5.02 Å². The monoisotopic (exact) mass is 337 g/mol. The van der Waals surface area contributed by atoms with E-state index in [1.807, 2.05) is 5.32 Å². The second-order valence-electron chi connectivity index (χ2n) is 4.58. The molecule has 0 saturated carbocycles. The maximum Gasteiger partial charge on any atom is 0.340 e. The molecule has 0 aliphatic heterocycles. The summed E-state index contributed by atoms with van der Waals surface area (Å²) >= 11 is 5.76. The number of aryl methyl sites for hydroxylation is 1. The van der Waals surface area contributed by atoms with Gasteiger partial charge in [0.25, 0.3) is 5.91 Å². The van der Waals surface area contributed by atoms with E-state index in [1.165, 1.54) is 24.2 Å². The van der Waals surface area contributed by atoms with Crippen LogP contribution in [-0.2, 0) is 0 Å². The number of hydrazine groups is 1. The molecule has 0 saturated heterocycles. The zero-order chi connectivity index (χ0) is 17.0. The Balaban J connectivity index is 2.02. The molecule has 1 aromatic heterocycles. The van der Waals surface area contributed by atoms with Gasteiger partial charge in [-0.1, -0.05) is 17.7 Å². The normalized spacial score (nSPS) is 10.1. The fourth-order valence-electron chi connectivity index (χ4n) is 1.69. The van der Waals surface area contributed by atoms with E-state index < -0.39 is 23.3 Å². The van der Waals surface area contributed by atoms with Crippen LogP contribution in [0, 0.1) is 12.7 Å². The molecule has 1 heterocycles. The highest BCUT2D eigenvalue weighted by atomic mass is 35.5. The van der Waals surface area contributed by atoms with Crippen molar-refractivity contribution in [3.8, 4) is 0 Å². The number of urea groups is 1. The standard InChI is InChI=1S/C14H13ClFN5O2/c1-8-6-7-11(19-18-8)21(2)20-14(23)17-13(22)12-9(15)4-3-5-10(12)16/h3-7H,1-2H3,(H2,17,20,22,23). The fraction of sp³-hybridized carbons (Fsp3) is 0.143. The summed E-state index contributed by atoms with van der Waals surface area (Å²) in [6.07, 6.45) is 0. The lowest BCUT2D eigenvalue weighted by molar-refractivity contribution is 0.0960. The molecule has 0 bridgehead atoms. The topological polar surface area (TPSA) is 87.2 Å². The van der Waals surface area contributed by atoms with Crippen LogP contribution >= 0.6 is 11.6 Å². The molecule has 0 atom stereocenters. The zero-order valence-electron chi connectivity index (χ0n) is 12.3. The summed E-state index contributed by atoms with van der Waals surface area (Å²) in [7, 11) is 1.51. The van der Waals surface area contributed by atoms with Crippen LogP contribution in [0.15, 0.2) is 30.3 Å². The van der Waals surface area contributed by atoms with Gasteiger partial charge in [-0.2, -0.15) is 5.10 Å². The van der Waals surface area contributed by atoms with Crippen LogP contribution in [-0.4, -0.2) is 29.2 Å². The van der Waals surface area contributed by atoms with Gasteiger partial charge in [0.15, 0.2) is 5.82 Å². The molecule has 2 rings (SSSR count). The van der Waals surface area contributed by atoms with Crippen LogP contribution < -0.4 is 15.8 Å². The number of rotatable bonds is 3. The highest BCUT2D eigenvalue weighted by Crippen LogP contribution is 2.18. The average Bonchev–Trinajstić information content (AvgIpc) is 2.47. The lowest BCUT2D eigenvalue weighted by atomic mass is 10.2. The van der Waals surface area contributed by atoms with Crippen molar-refractivity contribution < 1.29 is 14.0 Å². The van der Waals surface area contributed by atoms with Gasteiger partial charge in [-0.25, -0.2) is 14.6 Å². The summed E-state index contributed by atoms with van der Waals surface area (Å²) < 4.78 is 13.6. The maximum atomic E-state index is 13.6. The van der Waals surface area contributed by atoms with Crippen LogP contribution in [0.1, 0.15) is 16.1 Å². The molecule has 2 aromatic rings. The molecule has 120 valence electrons. The van der Waals surface area contributed by atoms with Crippen LogP contribution in [0.5, 0.6) is 0 Å². The third-order valence-corrected chi connectivity index (χ3v) is 3.13. The molecule has 0 aliphatic carbocycles. The minimum Gasteiger partial charge on any atom is -0.272 e. The number of carbonyl (C=O) groups excluding carboxylic acids is 2. The smallest absolute Gasteiger partial charge is 0.272 e. The van der Waals surface area contributed by atoms with E-state index in [0.717, 1.165) is 11.8 Å². The number of carbonyl (C=O) groups is 2. The first-order valence-corrected chi connectivity index (χ1v) is 6.86. The molecule has 0 spiro atoms. The Morgan fingerprint density at radius 2 is 1.96 bits per heavy atom. The molecule has 0 unspecified atom stereocenters. The Hall–Kier alpha value is -2.74. The van der Waals surface area contributed by atoms with Crippen molar-refractivity contribution in [3.63, 3.8) is 0 Å². The van der Waals surface area contributed by atoms with Gasteiger partial charge in [0.1, 0.15) is 5.82 Å². The lowest BCUT2D eigenvalue weighted by Crippen LogP contribution is -2.48. The van der Waals surface area contributed by atoms with Crippen LogP contribution in [0.3, 0.4) is 0 Å². The molecule has 3 amide bonds.